The molecule has 38 heavy (non-hydrogen) atoms. The highest BCUT2D eigenvalue weighted by Crippen LogP contribution is 2.38. The van der Waals surface area contributed by atoms with E-state index in [2.05, 4.69) is 25.5 Å². The molecule has 14 heteroatoms. The van der Waals surface area contributed by atoms with Gasteiger partial charge < -0.3 is 10.7 Å². The largest absolute Gasteiger partial charge is 0.397 e. The number of hydrogen-bond acceptors (Lipinski definition) is 7. The van der Waals surface area contributed by atoms with Crippen LogP contribution in [0.2, 0.25) is 10.0 Å². The number of nitrogen functional groups attached to an aromatic ring is 1. The van der Waals surface area contributed by atoms with Crippen LogP contribution in [0, 0.1) is 17.7 Å². The van der Waals surface area contributed by atoms with Crippen molar-refractivity contribution in [2.75, 3.05) is 5.73 Å². The molecule has 0 unspecified atom stereocenters. The minimum absolute atomic E-state index is 0.0304. The van der Waals surface area contributed by atoms with Crippen molar-refractivity contribution in [3.8, 4) is 28.2 Å². The molecule has 0 spiro atoms. The number of anilines is 1. The lowest BCUT2D eigenvalue weighted by Crippen LogP contribution is -2.26. The van der Waals surface area contributed by atoms with Crippen LogP contribution in [0.25, 0.3) is 28.2 Å². The molecule has 1 aliphatic heterocycles. The van der Waals surface area contributed by atoms with Crippen LogP contribution in [0.5, 0.6) is 0 Å². The molecule has 0 radical (unpaired) electrons. The fourth-order valence-corrected chi connectivity index (χ4v) is 5.13. The van der Waals surface area contributed by atoms with Gasteiger partial charge in [-0.15, -0.1) is 5.10 Å². The second kappa shape index (κ2) is 8.99. The van der Waals surface area contributed by atoms with Gasteiger partial charge in [-0.2, -0.15) is 9.07 Å². The van der Waals surface area contributed by atoms with Crippen LogP contribution in [0.1, 0.15) is 24.6 Å². The minimum atomic E-state index is -0.928. The Balaban J connectivity index is 1.44. The van der Waals surface area contributed by atoms with Crippen molar-refractivity contribution in [3.63, 3.8) is 0 Å². The molecular formula is C24H17Cl2F2N9O. The van der Waals surface area contributed by atoms with Gasteiger partial charge in [-0.25, -0.2) is 14.4 Å². The molecule has 192 valence electrons. The van der Waals surface area contributed by atoms with Gasteiger partial charge in [0.25, 0.3) is 5.56 Å². The third-order valence-corrected chi connectivity index (χ3v) is 7.14. The summed E-state index contributed by atoms with van der Waals surface area (Å²) in [6.07, 6.45) is 1.83. The van der Waals surface area contributed by atoms with E-state index >= 15 is 0 Å². The Bertz CT molecular complexity index is 1770. The zero-order valence-corrected chi connectivity index (χ0v) is 21.0. The number of fused-ring (bicyclic) bond motifs is 1. The average Bonchev–Trinajstić information content (AvgIpc) is 3.61. The van der Waals surface area contributed by atoms with Gasteiger partial charge in [0.1, 0.15) is 23.7 Å². The van der Waals surface area contributed by atoms with Crippen molar-refractivity contribution < 1.29 is 8.78 Å². The number of aromatic amines is 1. The molecule has 0 aliphatic carbocycles. The van der Waals surface area contributed by atoms with Crippen molar-refractivity contribution in [3.05, 3.63) is 86.5 Å². The van der Waals surface area contributed by atoms with E-state index in [1.54, 1.807) is 18.2 Å². The quantitative estimate of drug-likeness (QED) is 0.317. The third-order valence-electron chi connectivity index (χ3n) is 6.52. The maximum atomic E-state index is 15.0. The lowest BCUT2D eigenvalue weighted by atomic mass is 10.0. The first-order valence-corrected chi connectivity index (χ1v) is 12.1. The molecule has 1 aliphatic rings. The summed E-state index contributed by atoms with van der Waals surface area (Å²) in [5, 5.41) is 11.4. The van der Waals surface area contributed by atoms with Gasteiger partial charge in [0.15, 0.2) is 5.82 Å². The van der Waals surface area contributed by atoms with Gasteiger partial charge in [-0.1, -0.05) is 30.1 Å². The molecule has 6 rings (SSSR count). The third kappa shape index (κ3) is 3.84. The summed E-state index contributed by atoms with van der Waals surface area (Å²) in [5.41, 5.74) is 6.51. The molecule has 3 N–H and O–H groups in total. The van der Waals surface area contributed by atoms with Crippen LogP contribution in [0.4, 0.5) is 14.5 Å². The van der Waals surface area contributed by atoms with Crippen LogP contribution in [0.15, 0.2) is 47.5 Å². The number of aromatic nitrogens is 8. The zero-order chi connectivity index (χ0) is 26.7. The summed E-state index contributed by atoms with van der Waals surface area (Å²) in [6.45, 7) is 1.89. The molecule has 10 nitrogen and oxygen atoms in total. The summed E-state index contributed by atoms with van der Waals surface area (Å²) >= 11 is 12.2. The normalized spacial score (nSPS) is 16.7. The number of nitrogens with two attached hydrogens (primary N) is 1. The standard InChI is InChI=1S/C24H17Cl2F2N9O/c1-10-6-17-31-15(13-7-11(25)2-5-16(13)36-9-30-34-35-36)8-18(38)37(17)22(10)24-32-21(23(28)33-24)12-3-4-14(29)19(26)20(12)27/h2-5,7-10,22H,6,29H2,1H3,(H,32,33)/t10-,22-/m0/s1. The van der Waals surface area contributed by atoms with Crippen molar-refractivity contribution >= 4 is 28.9 Å². The van der Waals surface area contributed by atoms with E-state index in [9.17, 15) is 13.6 Å². The molecule has 0 bridgehead atoms. The lowest BCUT2D eigenvalue weighted by Gasteiger charge is -2.16. The number of H-pyrrole nitrogens is 1. The highest BCUT2D eigenvalue weighted by Gasteiger charge is 2.36. The van der Waals surface area contributed by atoms with Crippen molar-refractivity contribution in [1.29, 1.82) is 0 Å². The Kier molecular flexibility index (Phi) is 5.73. The first kappa shape index (κ1) is 24.2. The first-order valence-electron chi connectivity index (χ1n) is 11.4. The number of nitrogens with one attached hydrogen (secondary N) is 1. The van der Waals surface area contributed by atoms with E-state index in [-0.39, 0.29) is 39.3 Å². The molecule has 4 heterocycles. The van der Waals surface area contributed by atoms with E-state index in [1.807, 2.05) is 6.92 Å². The summed E-state index contributed by atoms with van der Waals surface area (Å²) in [5.74, 6) is -1.34. The highest BCUT2D eigenvalue weighted by atomic mass is 35.5. The number of imidazole rings is 1. The maximum Gasteiger partial charge on any atom is 0.254 e. The summed E-state index contributed by atoms with van der Waals surface area (Å²) < 4.78 is 32.6. The van der Waals surface area contributed by atoms with E-state index in [0.717, 1.165) is 0 Å². The van der Waals surface area contributed by atoms with Gasteiger partial charge in [0.05, 0.1) is 28.1 Å². The van der Waals surface area contributed by atoms with E-state index in [0.29, 0.717) is 34.2 Å². The molecule has 0 saturated carbocycles. The number of tetrazole rings is 1. The van der Waals surface area contributed by atoms with Crippen LogP contribution in [-0.4, -0.2) is 39.7 Å². The number of halogens is 4. The number of nitrogens with zero attached hydrogens (tertiary/aromatic N) is 7. The summed E-state index contributed by atoms with van der Waals surface area (Å²) in [6, 6.07) is 8.48. The maximum absolute atomic E-state index is 15.0. The van der Waals surface area contributed by atoms with Gasteiger partial charge in [0.2, 0.25) is 5.95 Å². The Morgan fingerprint density at radius 3 is 2.68 bits per heavy atom. The van der Waals surface area contributed by atoms with E-state index in [4.69, 9.17) is 33.9 Å². The Hall–Kier alpha value is -4.16. The van der Waals surface area contributed by atoms with Crippen molar-refractivity contribution in [1.82, 2.24) is 39.7 Å². The Morgan fingerprint density at radius 2 is 1.92 bits per heavy atom. The number of hydrogen-bond donors (Lipinski definition) is 2. The van der Waals surface area contributed by atoms with Crippen LogP contribution >= 0.6 is 23.2 Å². The second-order valence-corrected chi connectivity index (χ2v) is 9.74. The van der Waals surface area contributed by atoms with Gasteiger partial charge in [-0.3, -0.25) is 9.36 Å². The minimum Gasteiger partial charge on any atom is -0.397 e. The molecule has 3 aromatic heterocycles. The smallest absolute Gasteiger partial charge is 0.254 e. The first-order chi connectivity index (χ1) is 18.2. The number of benzene rings is 2. The Morgan fingerprint density at radius 1 is 1.11 bits per heavy atom. The van der Waals surface area contributed by atoms with Crippen LogP contribution in [-0.2, 0) is 6.42 Å². The monoisotopic (exact) mass is 555 g/mol. The highest BCUT2D eigenvalue weighted by molar-refractivity contribution is 6.33. The Labute approximate surface area is 223 Å². The number of rotatable bonds is 4. The lowest BCUT2D eigenvalue weighted by molar-refractivity contribution is 0.445. The van der Waals surface area contributed by atoms with Crippen LogP contribution in [0.3, 0.4) is 0 Å². The molecule has 5 aromatic rings. The van der Waals surface area contributed by atoms with E-state index < -0.39 is 17.8 Å². The molecular weight excluding hydrogens is 539 g/mol. The average molecular weight is 556 g/mol. The van der Waals surface area contributed by atoms with Crippen molar-refractivity contribution in [2.45, 2.75) is 19.4 Å². The fourth-order valence-electron chi connectivity index (χ4n) is 4.79. The van der Waals surface area contributed by atoms with Crippen molar-refractivity contribution in [2.24, 2.45) is 5.92 Å². The van der Waals surface area contributed by atoms with E-state index in [1.165, 1.54) is 33.8 Å². The fraction of sp³-hybridized carbons (Fsp3) is 0.167. The van der Waals surface area contributed by atoms with Crippen LogP contribution < -0.4 is 11.3 Å². The summed E-state index contributed by atoms with van der Waals surface area (Å²) in [4.78, 5) is 25.0. The predicted molar refractivity (Wildman–Crippen MR) is 136 cm³/mol. The predicted octanol–water partition coefficient (Wildman–Crippen LogP) is 4.22. The SMILES string of the molecule is C[C@H]1Cc2nc(-c3cc(Cl)ccc3-n3cnnn3)cc(=O)n2[C@@H]1c1nc(F)c(-c2ccc(N)c(Cl)c2F)[nH]1. The topological polar surface area (TPSA) is 133 Å². The molecule has 2 atom stereocenters. The zero-order valence-electron chi connectivity index (χ0n) is 19.5. The molecule has 0 amide bonds. The molecule has 0 saturated heterocycles. The molecule has 2 aromatic carbocycles. The van der Waals surface area contributed by atoms with Gasteiger partial charge in [-0.05, 0) is 46.7 Å². The summed E-state index contributed by atoms with van der Waals surface area (Å²) in [7, 11) is 0. The van der Waals surface area contributed by atoms with Gasteiger partial charge in [0, 0.05) is 28.6 Å². The molecule has 0 fully saturated rings. The second-order valence-electron chi connectivity index (χ2n) is 8.93. The van der Waals surface area contributed by atoms with Gasteiger partial charge >= 0.3 is 0 Å².